The number of nitrogens with zero attached hydrogens (tertiary/aromatic N) is 2. The number of amides is 2. The van der Waals surface area contributed by atoms with Crippen LogP contribution in [0.25, 0.3) is 0 Å². The number of nitrogens with one attached hydrogen (secondary N) is 1. The molecule has 3 rings (SSSR count). The molecule has 130 valence electrons. The molecule has 0 saturated carbocycles. The van der Waals surface area contributed by atoms with Crippen LogP contribution in [0.5, 0.6) is 0 Å². The first-order valence-corrected chi connectivity index (χ1v) is 8.76. The largest absolute Gasteiger partial charge is 0.380 e. The lowest BCUT2D eigenvalue weighted by atomic mass is 10.1. The summed E-state index contributed by atoms with van der Waals surface area (Å²) in [5.41, 5.74) is 2.39. The fourth-order valence-corrected chi connectivity index (χ4v) is 3.45. The SMILES string of the molecule is COCC1=CCN(C(=O)NC2CCN(c3cccc(Cl)c3)C2)CC1. The number of methoxy groups -OCH3 is 1. The van der Waals surface area contributed by atoms with Crippen molar-refractivity contribution in [3.63, 3.8) is 0 Å². The highest BCUT2D eigenvalue weighted by Crippen LogP contribution is 2.23. The Morgan fingerprint density at radius 3 is 3.00 bits per heavy atom. The zero-order valence-corrected chi connectivity index (χ0v) is 14.8. The summed E-state index contributed by atoms with van der Waals surface area (Å²) in [4.78, 5) is 16.6. The van der Waals surface area contributed by atoms with Gasteiger partial charge in [0.05, 0.1) is 6.61 Å². The third-order valence-electron chi connectivity index (χ3n) is 4.61. The number of benzene rings is 1. The summed E-state index contributed by atoms with van der Waals surface area (Å²) < 4.78 is 5.14. The quantitative estimate of drug-likeness (QED) is 0.850. The van der Waals surface area contributed by atoms with Crippen LogP contribution in [-0.4, -0.2) is 56.9 Å². The van der Waals surface area contributed by atoms with Gasteiger partial charge in [-0.15, -0.1) is 0 Å². The van der Waals surface area contributed by atoms with Crippen molar-refractivity contribution < 1.29 is 9.53 Å². The number of hydrogen-bond acceptors (Lipinski definition) is 3. The van der Waals surface area contributed by atoms with E-state index in [0.29, 0.717) is 13.2 Å². The van der Waals surface area contributed by atoms with Crippen LogP contribution in [0.3, 0.4) is 0 Å². The molecule has 0 aliphatic carbocycles. The third kappa shape index (κ3) is 4.22. The Labute approximate surface area is 148 Å². The lowest BCUT2D eigenvalue weighted by molar-refractivity contribution is 0.191. The predicted molar refractivity (Wildman–Crippen MR) is 96.8 cm³/mol. The Morgan fingerprint density at radius 2 is 2.29 bits per heavy atom. The Morgan fingerprint density at radius 1 is 1.42 bits per heavy atom. The summed E-state index contributed by atoms with van der Waals surface area (Å²) in [7, 11) is 1.70. The molecule has 1 aromatic carbocycles. The second-order valence-corrected chi connectivity index (χ2v) is 6.79. The zero-order valence-electron chi connectivity index (χ0n) is 14.0. The molecule has 2 amide bonds. The van der Waals surface area contributed by atoms with Gasteiger partial charge in [0, 0.05) is 50.0 Å². The van der Waals surface area contributed by atoms with E-state index in [1.54, 1.807) is 7.11 Å². The highest BCUT2D eigenvalue weighted by atomic mass is 35.5. The van der Waals surface area contributed by atoms with Gasteiger partial charge in [-0.3, -0.25) is 0 Å². The molecule has 1 aromatic rings. The number of carbonyl (C=O) groups is 1. The van der Waals surface area contributed by atoms with E-state index < -0.39 is 0 Å². The average Bonchev–Trinajstić information content (AvgIpc) is 3.04. The molecule has 1 atom stereocenters. The molecular formula is C18H24ClN3O2. The van der Waals surface area contributed by atoms with E-state index in [0.717, 1.165) is 43.2 Å². The Hall–Kier alpha value is -1.72. The van der Waals surface area contributed by atoms with E-state index in [4.69, 9.17) is 16.3 Å². The van der Waals surface area contributed by atoms with Crippen LogP contribution in [0.2, 0.25) is 5.02 Å². The zero-order chi connectivity index (χ0) is 16.9. The summed E-state index contributed by atoms with van der Waals surface area (Å²) in [5, 5.41) is 3.90. The van der Waals surface area contributed by atoms with Crippen molar-refractivity contribution in [2.45, 2.75) is 18.9 Å². The Bertz CT molecular complexity index is 620. The van der Waals surface area contributed by atoms with Crippen molar-refractivity contribution in [3.05, 3.63) is 40.9 Å². The summed E-state index contributed by atoms with van der Waals surface area (Å²) in [5.74, 6) is 0. The summed E-state index contributed by atoms with van der Waals surface area (Å²) in [6, 6.07) is 8.08. The number of carbonyl (C=O) groups excluding carboxylic acids is 1. The molecule has 2 aliphatic heterocycles. The van der Waals surface area contributed by atoms with Crippen LogP contribution < -0.4 is 10.2 Å². The molecule has 24 heavy (non-hydrogen) atoms. The molecule has 2 aliphatic rings. The van der Waals surface area contributed by atoms with Gasteiger partial charge in [-0.05, 0) is 36.6 Å². The van der Waals surface area contributed by atoms with Gasteiger partial charge >= 0.3 is 6.03 Å². The highest BCUT2D eigenvalue weighted by Gasteiger charge is 2.26. The number of anilines is 1. The number of rotatable bonds is 4. The van der Waals surface area contributed by atoms with Crippen molar-refractivity contribution in [3.8, 4) is 0 Å². The van der Waals surface area contributed by atoms with E-state index in [-0.39, 0.29) is 12.1 Å². The standard InChI is InChI=1S/C18H24ClN3O2/c1-24-13-14-5-8-21(9-6-14)18(23)20-16-7-10-22(12-16)17-4-2-3-15(19)11-17/h2-5,11,16H,6-10,12-13H2,1H3,(H,20,23). The second-order valence-electron chi connectivity index (χ2n) is 6.35. The van der Waals surface area contributed by atoms with Gasteiger partial charge in [0.2, 0.25) is 0 Å². The van der Waals surface area contributed by atoms with Gasteiger partial charge in [0.15, 0.2) is 0 Å². The van der Waals surface area contributed by atoms with Crippen LogP contribution >= 0.6 is 11.6 Å². The van der Waals surface area contributed by atoms with E-state index in [1.165, 1.54) is 5.57 Å². The maximum absolute atomic E-state index is 12.4. The van der Waals surface area contributed by atoms with Gasteiger partial charge < -0.3 is 19.9 Å². The first-order chi connectivity index (χ1) is 11.7. The minimum absolute atomic E-state index is 0.0284. The van der Waals surface area contributed by atoms with E-state index in [2.05, 4.69) is 22.4 Å². The maximum atomic E-state index is 12.4. The molecule has 0 spiro atoms. The molecule has 1 unspecified atom stereocenters. The molecule has 1 saturated heterocycles. The van der Waals surface area contributed by atoms with E-state index in [9.17, 15) is 4.79 Å². The highest BCUT2D eigenvalue weighted by molar-refractivity contribution is 6.30. The minimum atomic E-state index is 0.0284. The molecule has 2 heterocycles. The number of halogens is 1. The van der Waals surface area contributed by atoms with Crippen molar-refractivity contribution in [1.82, 2.24) is 10.2 Å². The topological polar surface area (TPSA) is 44.8 Å². The van der Waals surface area contributed by atoms with Crippen molar-refractivity contribution in [2.24, 2.45) is 0 Å². The molecule has 0 aromatic heterocycles. The fourth-order valence-electron chi connectivity index (χ4n) is 3.26. The minimum Gasteiger partial charge on any atom is -0.380 e. The average molecular weight is 350 g/mol. The molecule has 0 radical (unpaired) electrons. The van der Waals surface area contributed by atoms with Crippen LogP contribution in [-0.2, 0) is 4.74 Å². The summed E-state index contributed by atoms with van der Waals surface area (Å²) in [6.45, 7) is 3.83. The van der Waals surface area contributed by atoms with Crippen LogP contribution in [0, 0.1) is 0 Å². The van der Waals surface area contributed by atoms with Crippen LogP contribution in [0.4, 0.5) is 10.5 Å². The molecule has 1 fully saturated rings. The van der Waals surface area contributed by atoms with Gasteiger partial charge in [-0.2, -0.15) is 0 Å². The Balaban J connectivity index is 1.50. The predicted octanol–water partition coefficient (Wildman–Crippen LogP) is 2.91. The first-order valence-electron chi connectivity index (χ1n) is 8.38. The first kappa shape index (κ1) is 17.1. The number of urea groups is 1. The van der Waals surface area contributed by atoms with Crippen LogP contribution in [0.15, 0.2) is 35.9 Å². The molecule has 1 N–H and O–H groups in total. The second kappa shape index (κ2) is 7.90. The van der Waals surface area contributed by atoms with Crippen molar-refractivity contribution in [1.29, 1.82) is 0 Å². The lowest BCUT2D eigenvalue weighted by Gasteiger charge is -2.28. The maximum Gasteiger partial charge on any atom is 0.317 e. The molecule has 0 bridgehead atoms. The molecule has 6 heteroatoms. The third-order valence-corrected chi connectivity index (χ3v) is 4.84. The fraction of sp³-hybridized carbons (Fsp3) is 0.500. The van der Waals surface area contributed by atoms with Gasteiger partial charge in [0.1, 0.15) is 0 Å². The van der Waals surface area contributed by atoms with E-state index in [1.807, 2.05) is 23.1 Å². The Kier molecular flexibility index (Phi) is 5.63. The number of ether oxygens (including phenoxy) is 1. The van der Waals surface area contributed by atoms with E-state index >= 15 is 0 Å². The molecular weight excluding hydrogens is 326 g/mol. The van der Waals surface area contributed by atoms with Crippen LogP contribution in [0.1, 0.15) is 12.8 Å². The summed E-state index contributed by atoms with van der Waals surface area (Å²) >= 11 is 6.06. The normalized spacial score (nSPS) is 20.9. The van der Waals surface area contributed by atoms with Gasteiger partial charge in [-0.1, -0.05) is 23.7 Å². The van der Waals surface area contributed by atoms with Crippen molar-refractivity contribution >= 4 is 23.3 Å². The van der Waals surface area contributed by atoms with Crippen molar-refractivity contribution in [2.75, 3.05) is 44.8 Å². The monoisotopic (exact) mass is 349 g/mol. The molecule has 5 nitrogen and oxygen atoms in total. The van der Waals surface area contributed by atoms with Gasteiger partial charge in [-0.25, -0.2) is 4.79 Å². The smallest absolute Gasteiger partial charge is 0.317 e. The number of hydrogen-bond donors (Lipinski definition) is 1. The lowest BCUT2D eigenvalue weighted by Crippen LogP contribution is -2.47. The summed E-state index contributed by atoms with van der Waals surface area (Å²) in [6.07, 6.45) is 3.94. The van der Waals surface area contributed by atoms with Gasteiger partial charge in [0.25, 0.3) is 0 Å².